The first kappa shape index (κ1) is 14.2. The van der Waals surface area contributed by atoms with Gasteiger partial charge in [0.2, 0.25) is 0 Å². The van der Waals surface area contributed by atoms with Crippen LogP contribution in [0.3, 0.4) is 0 Å². The van der Waals surface area contributed by atoms with Gasteiger partial charge in [0.05, 0.1) is 7.11 Å². The molecule has 1 saturated carbocycles. The Hall–Kier alpha value is -1.80. The van der Waals surface area contributed by atoms with E-state index in [0.717, 1.165) is 11.7 Å². The fourth-order valence-electron chi connectivity index (χ4n) is 3.11. The van der Waals surface area contributed by atoms with Gasteiger partial charge >= 0.3 is 0 Å². The minimum absolute atomic E-state index is 0.363. The van der Waals surface area contributed by atoms with E-state index >= 15 is 0 Å². The topological polar surface area (TPSA) is 21.3 Å². The van der Waals surface area contributed by atoms with Crippen molar-refractivity contribution >= 4 is 0 Å². The fourth-order valence-corrected chi connectivity index (χ4v) is 3.11. The van der Waals surface area contributed by atoms with Crippen molar-refractivity contribution in [1.29, 1.82) is 0 Å². The molecule has 1 atom stereocenters. The molecule has 0 unspecified atom stereocenters. The molecular weight excluding hydrogens is 258 g/mol. The van der Waals surface area contributed by atoms with Crippen molar-refractivity contribution in [2.45, 2.75) is 37.8 Å². The van der Waals surface area contributed by atoms with E-state index in [1.54, 1.807) is 7.11 Å². The van der Waals surface area contributed by atoms with Gasteiger partial charge in [0, 0.05) is 12.1 Å². The molecule has 1 N–H and O–H groups in total. The molecule has 3 rings (SSSR count). The summed E-state index contributed by atoms with van der Waals surface area (Å²) in [6.07, 6.45) is 2.47. The number of methoxy groups -OCH3 is 1. The Morgan fingerprint density at radius 2 is 1.81 bits per heavy atom. The van der Waals surface area contributed by atoms with E-state index in [-0.39, 0.29) is 0 Å². The van der Waals surface area contributed by atoms with Crippen LogP contribution < -0.4 is 10.1 Å². The molecule has 0 aromatic heterocycles. The normalized spacial score (nSPS) is 22.4. The lowest BCUT2D eigenvalue weighted by atomic mass is 9.75. The molecule has 0 heterocycles. The summed E-state index contributed by atoms with van der Waals surface area (Å²) in [6, 6.07) is 20.1. The summed E-state index contributed by atoms with van der Waals surface area (Å²) in [5, 5.41) is 3.73. The largest absolute Gasteiger partial charge is 0.497 e. The lowest BCUT2D eigenvalue weighted by Crippen LogP contribution is -2.41. The van der Waals surface area contributed by atoms with Crippen LogP contribution in [0.4, 0.5) is 0 Å². The second-order valence-corrected chi connectivity index (χ2v) is 5.94. The van der Waals surface area contributed by atoms with Gasteiger partial charge in [-0.3, -0.25) is 0 Å². The Labute approximate surface area is 127 Å². The van der Waals surface area contributed by atoms with Crippen LogP contribution in [0.1, 0.15) is 42.9 Å². The van der Waals surface area contributed by atoms with E-state index in [1.807, 2.05) is 6.07 Å². The van der Waals surface area contributed by atoms with E-state index in [9.17, 15) is 0 Å². The van der Waals surface area contributed by atoms with E-state index < -0.39 is 0 Å². The molecule has 0 radical (unpaired) electrons. The van der Waals surface area contributed by atoms with Crippen molar-refractivity contribution in [3.63, 3.8) is 0 Å². The quantitative estimate of drug-likeness (QED) is 0.882. The van der Waals surface area contributed by atoms with Crippen molar-refractivity contribution in [2.24, 2.45) is 0 Å². The number of hydrogen-bond donors (Lipinski definition) is 1. The molecule has 0 aliphatic heterocycles. The van der Waals surface area contributed by atoms with Crippen LogP contribution in [0.2, 0.25) is 0 Å². The molecule has 110 valence electrons. The predicted octanol–water partition coefficient (Wildman–Crippen LogP) is 4.29. The summed E-state index contributed by atoms with van der Waals surface area (Å²) in [7, 11) is 1.72. The van der Waals surface area contributed by atoms with Gasteiger partial charge in [-0.25, -0.2) is 0 Å². The number of rotatable bonds is 5. The summed E-state index contributed by atoms with van der Waals surface area (Å²) in [5.41, 5.74) is 2.77. The Bertz CT molecular complexity index is 575. The average molecular weight is 281 g/mol. The molecule has 1 aliphatic rings. The highest BCUT2D eigenvalue weighted by Gasteiger charge is 2.30. The Kier molecular flexibility index (Phi) is 4.26. The van der Waals surface area contributed by atoms with Crippen LogP contribution in [0.15, 0.2) is 54.6 Å². The molecule has 0 spiro atoms. The molecule has 0 amide bonds. The number of nitrogens with one attached hydrogen (secondary N) is 1. The van der Waals surface area contributed by atoms with E-state index in [0.29, 0.717) is 12.1 Å². The van der Waals surface area contributed by atoms with Gasteiger partial charge in [-0.1, -0.05) is 42.5 Å². The standard InChI is InChI=1S/C19H23NO/c1-14(16-9-6-10-19(13-16)21-2)20-18-11-17(12-18)15-7-4-3-5-8-15/h3-10,13-14,17-18,20H,11-12H2,1-2H3/t14-,17?,18?/m1/s1. The van der Waals surface area contributed by atoms with Crippen LogP contribution >= 0.6 is 0 Å². The number of ether oxygens (including phenoxy) is 1. The third-order valence-corrected chi connectivity index (χ3v) is 4.49. The number of benzene rings is 2. The molecule has 1 fully saturated rings. The van der Waals surface area contributed by atoms with E-state index in [4.69, 9.17) is 4.74 Å². The van der Waals surface area contributed by atoms with Gasteiger partial charge in [0.25, 0.3) is 0 Å². The second-order valence-electron chi connectivity index (χ2n) is 5.94. The zero-order valence-electron chi connectivity index (χ0n) is 12.8. The fraction of sp³-hybridized carbons (Fsp3) is 0.368. The first-order chi connectivity index (χ1) is 10.3. The molecule has 2 aromatic carbocycles. The van der Waals surface area contributed by atoms with Crippen molar-refractivity contribution in [2.75, 3.05) is 7.11 Å². The van der Waals surface area contributed by atoms with Gasteiger partial charge < -0.3 is 10.1 Å². The summed E-state index contributed by atoms with van der Waals surface area (Å²) in [6.45, 7) is 2.23. The summed E-state index contributed by atoms with van der Waals surface area (Å²) < 4.78 is 5.30. The van der Waals surface area contributed by atoms with Crippen LogP contribution in [0.25, 0.3) is 0 Å². The summed E-state index contributed by atoms with van der Waals surface area (Å²) >= 11 is 0. The third-order valence-electron chi connectivity index (χ3n) is 4.49. The molecule has 21 heavy (non-hydrogen) atoms. The van der Waals surface area contributed by atoms with Crippen molar-refractivity contribution in [3.8, 4) is 5.75 Å². The lowest BCUT2D eigenvalue weighted by Gasteiger charge is -2.38. The highest BCUT2D eigenvalue weighted by molar-refractivity contribution is 5.30. The second kappa shape index (κ2) is 6.31. The zero-order valence-corrected chi connectivity index (χ0v) is 12.8. The molecule has 1 aliphatic carbocycles. The average Bonchev–Trinajstić information content (AvgIpc) is 2.51. The smallest absolute Gasteiger partial charge is 0.119 e. The van der Waals surface area contributed by atoms with Crippen molar-refractivity contribution < 1.29 is 4.74 Å². The first-order valence-corrected chi connectivity index (χ1v) is 7.71. The number of hydrogen-bond acceptors (Lipinski definition) is 2. The van der Waals surface area contributed by atoms with Crippen LogP contribution in [0.5, 0.6) is 5.75 Å². The molecule has 0 saturated heterocycles. The van der Waals surface area contributed by atoms with E-state index in [1.165, 1.54) is 24.0 Å². The highest BCUT2D eigenvalue weighted by Crippen LogP contribution is 2.37. The molecule has 2 nitrogen and oxygen atoms in total. The van der Waals surface area contributed by atoms with Gasteiger partial charge in [-0.2, -0.15) is 0 Å². The Morgan fingerprint density at radius 1 is 1.05 bits per heavy atom. The monoisotopic (exact) mass is 281 g/mol. The lowest BCUT2D eigenvalue weighted by molar-refractivity contribution is 0.270. The SMILES string of the molecule is COc1cccc([C@@H](C)NC2CC(c3ccccc3)C2)c1. The maximum absolute atomic E-state index is 5.30. The van der Waals surface area contributed by atoms with Gasteiger partial charge in [-0.05, 0) is 48.9 Å². The molecule has 2 heteroatoms. The molecule has 2 aromatic rings. The maximum atomic E-state index is 5.30. The van der Waals surface area contributed by atoms with E-state index in [2.05, 4.69) is 60.8 Å². The summed E-state index contributed by atoms with van der Waals surface area (Å²) in [4.78, 5) is 0. The van der Waals surface area contributed by atoms with Crippen LogP contribution in [-0.2, 0) is 0 Å². The van der Waals surface area contributed by atoms with Crippen molar-refractivity contribution in [1.82, 2.24) is 5.32 Å². The Morgan fingerprint density at radius 3 is 2.52 bits per heavy atom. The highest BCUT2D eigenvalue weighted by atomic mass is 16.5. The van der Waals surface area contributed by atoms with Crippen LogP contribution in [-0.4, -0.2) is 13.2 Å². The molecule has 0 bridgehead atoms. The van der Waals surface area contributed by atoms with Gasteiger partial charge in [0.1, 0.15) is 5.75 Å². The zero-order chi connectivity index (χ0) is 14.7. The maximum Gasteiger partial charge on any atom is 0.119 e. The van der Waals surface area contributed by atoms with Gasteiger partial charge in [-0.15, -0.1) is 0 Å². The van der Waals surface area contributed by atoms with Crippen molar-refractivity contribution in [3.05, 3.63) is 65.7 Å². The minimum Gasteiger partial charge on any atom is -0.497 e. The van der Waals surface area contributed by atoms with Gasteiger partial charge in [0.15, 0.2) is 0 Å². The molecular formula is C19H23NO. The first-order valence-electron chi connectivity index (χ1n) is 7.71. The summed E-state index contributed by atoms with van der Waals surface area (Å²) in [5.74, 6) is 1.65. The van der Waals surface area contributed by atoms with Crippen LogP contribution in [0, 0.1) is 0 Å². The predicted molar refractivity (Wildman–Crippen MR) is 86.7 cm³/mol. The Balaban J connectivity index is 1.54. The third kappa shape index (κ3) is 3.27. The minimum atomic E-state index is 0.363.